The van der Waals surface area contributed by atoms with Crippen LogP contribution in [0.2, 0.25) is 0 Å². The number of rotatable bonds is 5. The Labute approximate surface area is 75.3 Å². The largest absolute Gasteiger partial charge is 0.374 e. The molecule has 0 spiro atoms. The molecule has 0 heterocycles. The van der Waals surface area contributed by atoms with Crippen LogP contribution < -0.4 is 0 Å². The molecule has 0 N–H and O–H groups in total. The molecule has 72 valence electrons. The molecule has 2 nitrogen and oxygen atoms in total. The summed E-state index contributed by atoms with van der Waals surface area (Å²) in [4.78, 5) is 11.3. The molecule has 0 aliphatic rings. The number of carbonyl (C=O) groups excluding carboxylic acids is 1. The van der Waals surface area contributed by atoms with E-state index in [0.717, 1.165) is 12.8 Å². The van der Waals surface area contributed by atoms with Crippen LogP contribution in [0.15, 0.2) is 0 Å². The van der Waals surface area contributed by atoms with Crippen LogP contribution in [0.25, 0.3) is 0 Å². The summed E-state index contributed by atoms with van der Waals surface area (Å²) in [6.45, 7) is 8.83. The topological polar surface area (TPSA) is 26.3 Å². The summed E-state index contributed by atoms with van der Waals surface area (Å²) in [7, 11) is 0. The SMILES string of the molecule is CCCCOCC(=O)C(C)(C)C. The molecule has 0 aliphatic heterocycles. The van der Waals surface area contributed by atoms with Gasteiger partial charge in [0.25, 0.3) is 0 Å². The van der Waals surface area contributed by atoms with Crippen molar-refractivity contribution >= 4 is 5.78 Å². The molecular weight excluding hydrogens is 152 g/mol. The van der Waals surface area contributed by atoms with Crippen molar-refractivity contribution < 1.29 is 9.53 Å². The van der Waals surface area contributed by atoms with E-state index in [4.69, 9.17) is 4.74 Å². The van der Waals surface area contributed by atoms with Gasteiger partial charge in [0.15, 0.2) is 5.78 Å². The molecule has 0 aliphatic carbocycles. The monoisotopic (exact) mass is 172 g/mol. The predicted octanol–water partition coefficient (Wildman–Crippen LogP) is 2.42. The van der Waals surface area contributed by atoms with Gasteiger partial charge in [-0.05, 0) is 6.42 Å². The van der Waals surface area contributed by atoms with Crippen LogP contribution in [-0.2, 0) is 9.53 Å². The molecule has 0 aromatic rings. The molecule has 0 amide bonds. The van der Waals surface area contributed by atoms with E-state index >= 15 is 0 Å². The molecule has 0 aromatic heterocycles. The molecule has 2 heteroatoms. The summed E-state index contributed by atoms with van der Waals surface area (Å²) < 4.78 is 5.21. The van der Waals surface area contributed by atoms with E-state index in [1.165, 1.54) is 0 Å². The lowest BCUT2D eigenvalue weighted by molar-refractivity contribution is -0.131. The van der Waals surface area contributed by atoms with E-state index in [9.17, 15) is 4.79 Å². The fourth-order valence-corrected chi connectivity index (χ4v) is 0.628. The highest BCUT2D eigenvalue weighted by Gasteiger charge is 2.20. The molecule has 0 saturated carbocycles. The molecule has 12 heavy (non-hydrogen) atoms. The van der Waals surface area contributed by atoms with Crippen LogP contribution >= 0.6 is 0 Å². The molecule has 0 rings (SSSR count). The van der Waals surface area contributed by atoms with Crippen LogP contribution in [-0.4, -0.2) is 19.0 Å². The first-order valence-electron chi connectivity index (χ1n) is 4.59. The predicted molar refractivity (Wildman–Crippen MR) is 50.2 cm³/mol. The second-order valence-corrected chi connectivity index (χ2v) is 4.08. The van der Waals surface area contributed by atoms with E-state index < -0.39 is 0 Å². The van der Waals surface area contributed by atoms with Crippen molar-refractivity contribution in [1.29, 1.82) is 0 Å². The van der Waals surface area contributed by atoms with Gasteiger partial charge in [-0.1, -0.05) is 34.1 Å². The Hall–Kier alpha value is -0.370. The van der Waals surface area contributed by atoms with Gasteiger partial charge in [0.2, 0.25) is 0 Å². The zero-order chi connectivity index (χ0) is 9.61. The number of ketones is 1. The molecule has 0 atom stereocenters. The Morgan fingerprint density at radius 2 is 1.92 bits per heavy atom. The van der Waals surface area contributed by atoms with E-state index in [0.29, 0.717) is 6.61 Å². The zero-order valence-electron chi connectivity index (χ0n) is 8.64. The Kier molecular flexibility index (Phi) is 5.14. The summed E-state index contributed by atoms with van der Waals surface area (Å²) in [5, 5.41) is 0. The van der Waals surface area contributed by atoms with Gasteiger partial charge < -0.3 is 4.74 Å². The van der Waals surface area contributed by atoms with Gasteiger partial charge in [0.1, 0.15) is 6.61 Å². The van der Waals surface area contributed by atoms with Gasteiger partial charge in [-0.15, -0.1) is 0 Å². The summed E-state index contributed by atoms with van der Waals surface area (Å²) in [6.07, 6.45) is 2.15. The second kappa shape index (κ2) is 5.31. The maximum Gasteiger partial charge on any atom is 0.163 e. The fourth-order valence-electron chi connectivity index (χ4n) is 0.628. The second-order valence-electron chi connectivity index (χ2n) is 4.08. The summed E-state index contributed by atoms with van der Waals surface area (Å²) in [5.74, 6) is 0.179. The number of unbranched alkanes of at least 4 members (excludes halogenated alkanes) is 1. The van der Waals surface area contributed by atoms with Gasteiger partial charge in [0, 0.05) is 12.0 Å². The van der Waals surface area contributed by atoms with Crippen LogP contribution in [0.1, 0.15) is 40.5 Å². The lowest BCUT2D eigenvalue weighted by Gasteiger charge is -2.16. The Balaban J connectivity index is 3.45. The minimum atomic E-state index is -0.258. The highest BCUT2D eigenvalue weighted by atomic mass is 16.5. The molecule has 0 aromatic carbocycles. The maximum absolute atomic E-state index is 11.3. The highest BCUT2D eigenvalue weighted by Crippen LogP contribution is 2.14. The van der Waals surface area contributed by atoms with Crippen LogP contribution in [0.3, 0.4) is 0 Å². The summed E-state index contributed by atoms with van der Waals surface area (Å²) in [6, 6.07) is 0. The van der Waals surface area contributed by atoms with E-state index in [1.807, 2.05) is 20.8 Å². The average molecular weight is 172 g/mol. The quantitative estimate of drug-likeness (QED) is 0.595. The third-order valence-electron chi connectivity index (χ3n) is 1.71. The van der Waals surface area contributed by atoms with Gasteiger partial charge in [-0.2, -0.15) is 0 Å². The molecule has 0 fully saturated rings. The summed E-state index contributed by atoms with van der Waals surface area (Å²) in [5.41, 5.74) is -0.258. The average Bonchev–Trinajstić information content (AvgIpc) is 1.96. The standard InChI is InChI=1S/C10H20O2/c1-5-6-7-12-8-9(11)10(2,3)4/h5-8H2,1-4H3. The zero-order valence-corrected chi connectivity index (χ0v) is 8.64. The molecular formula is C10H20O2. The van der Waals surface area contributed by atoms with Gasteiger partial charge in [-0.3, -0.25) is 4.79 Å². The first kappa shape index (κ1) is 11.6. The number of hydrogen-bond donors (Lipinski definition) is 0. The van der Waals surface area contributed by atoms with Crippen molar-refractivity contribution in [2.45, 2.75) is 40.5 Å². The third kappa shape index (κ3) is 5.30. The first-order chi connectivity index (χ1) is 5.48. The van der Waals surface area contributed by atoms with Crippen molar-refractivity contribution in [2.75, 3.05) is 13.2 Å². The van der Waals surface area contributed by atoms with E-state index in [2.05, 4.69) is 6.92 Å². The molecule has 0 bridgehead atoms. The number of ether oxygens (including phenoxy) is 1. The van der Waals surface area contributed by atoms with Crippen LogP contribution in [0.5, 0.6) is 0 Å². The van der Waals surface area contributed by atoms with Gasteiger partial charge >= 0.3 is 0 Å². The molecule has 0 unspecified atom stereocenters. The first-order valence-corrected chi connectivity index (χ1v) is 4.59. The highest BCUT2D eigenvalue weighted by molar-refractivity contribution is 5.84. The van der Waals surface area contributed by atoms with Crippen molar-refractivity contribution in [3.8, 4) is 0 Å². The third-order valence-corrected chi connectivity index (χ3v) is 1.71. The maximum atomic E-state index is 11.3. The Morgan fingerprint density at radius 3 is 2.33 bits per heavy atom. The molecule has 0 saturated heterocycles. The smallest absolute Gasteiger partial charge is 0.163 e. The minimum absolute atomic E-state index is 0.179. The Bertz CT molecular complexity index is 133. The summed E-state index contributed by atoms with van der Waals surface area (Å²) >= 11 is 0. The van der Waals surface area contributed by atoms with Crippen molar-refractivity contribution in [3.05, 3.63) is 0 Å². The van der Waals surface area contributed by atoms with Gasteiger partial charge in [-0.25, -0.2) is 0 Å². The lowest BCUT2D eigenvalue weighted by Crippen LogP contribution is -2.25. The number of Topliss-reactive ketones (excluding diaryl/α,β-unsaturated/α-hetero) is 1. The fraction of sp³-hybridized carbons (Fsp3) is 0.900. The number of carbonyl (C=O) groups is 1. The van der Waals surface area contributed by atoms with Crippen molar-refractivity contribution in [2.24, 2.45) is 5.41 Å². The van der Waals surface area contributed by atoms with Crippen LogP contribution in [0.4, 0.5) is 0 Å². The van der Waals surface area contributed by atoms with Crippen molar-refractivity contribution in [3.63, 3.8) is 0 Å². The van der Waals surface area contributed by atoms with E-state index in [1.54, 1.807) is 0 Å². The van der Waals surface area contributed by atoms with E-state index in [-0.39, 0.29) is 17.8 Å². The molecule has 0 radical (unpaired) electrons. The Morgan fingerprint density at radius 1 is 1.33 bits per heavy atom. The lowest BCUT2D eigenvalue weighted by atomic mass is 9.91. The normalized spacial score (nSPS) is 11.7. The van der Waals surface area contributed by atoms with Crippen LogP contribution in [0, 0.1) is 5.41 Å². The van der Waals surface area contributed by atoms with Gasteiger partial charge in [0.05, 0.1) is 0 Å². The number of hydrogen-bond acceptors (Lipinski definition) is 2. The minimum Gasteiger partial charge on any atom is -0.374 e. The van der Waals surface area contributed by atoms with Crippen molar-refractivity contribution in [1.82, 2.24) is 0 Å².